The van der Waals surface area contributed by atoms with Crippen LogP contribution in [0.5, 0.6) is 0 Å². The lowest BCUT2D eigenvalue weighted by Gasteiger charge is -2.24. The van der Waals surface area contributed by atoms with Crippen LogP contribution in [0.15, 0.2) is 28.9 Å². The second-order valence-corrected chi connectivity index (χ2v) is 7.69. The highest BCUT2D eigenvalue weighted by Gasteiger charge is 2.28. The van der Waals surface area contributed by atoms with Crippen LogP contribution in [0.1, 0.15) is 55.6 Å². The predicted molar refractivity (Wildman–Crippen MR) is 94.3 cm³/mol. The molecule has 0 N–H and O–H groups in total. The second-order valence-electron chi connectivity index (χ2n) is 7.69. The highest BCUT2D eigenvalue weighted by Crippen LogP contribution is 2.23. The average Bonchev–Trinajstić information content (AvgIpc) is 3.26. The van der Waals surface area contributed by atoms with Gasteiger partial charge in [0.2, 0.25) is 0 Å². The first kappa shape index (κ1) is 17.7. The Kier molecular flexibility index (Phi) is 4.99. The molecule has 0 bridgehead atoms. The Bertz CT molecular complexity index is 707. The van der Waals surface area contributed by atoms with Crippen molar-refractivity contribution in [1.29, 1.82) is 0 Å². The molecule has 0 radical (unpaired) electrons. The van der Waals surface area contributed by atoms with Crippen molar-refractivity contribution in [2.45, 2.75) is 51.7 Å². The van der Waals surface area contributed by atoms with E-state index in [9.17, 15) is 4.79 Å². The Hall–Kier alpha value is -2.08. The van der Waals surface area contributed by atoms with E-state index in [0.717, 1.165) is 30.9 Å². The number of aryl methyl sites for hydroxylation is 1. The topological polar surface area (TPSA) is 60.5 Å². The zero-order valence-corrected chi connectivity index (χ0v) is 15.5. The maximum Gasteiger partial charge on any atom is 0.272 e. The second kappa shape index (κ2) is 7.04. The van der Waals surface area contributed by atoms with Gasteiger partial charge in [-0.15, -0.1) is 0 Å². The molecule has 136 valence electrons. The summed E-state index contributed by atoms with van der Waals surface area (Å²) >= 11 is 0. The molecule has 3 heterocycles. The van der Waals surface area contributed by atoms with Gasteiger partial charge in [0, 0.05) is 25.6 Å². The number of carbonyl (C=O) groups excluding carboxylic acids is 1. The third-order valence-corrected chi connectivity index (χ3v) is 4.53. The first-order chi connectivity index (χ1) is 11.8. The van der Waals surface area contributed by atoms with E-state index in [4.69, 9.17) is 9.15 Å². The number of carbonyl (C=O) groups is 1. The molecule has 2 aromatic heterocycles. The van der Waals surface area contributed by atoms with Crippen LogP contribution in [0.25, 0.3) is 0 Å². The van der Waals surface area contributed by atoms with E-state index in [-0.39, 0.29) is 17.4 Å². The molecule has 1 atom stereocenters. The zero-order chi connectivity index (χ0) is 18.0. The molecule has 1 amide bonds. The summed E-state index contributed by atoms with van der Waals surface area (Å²) in [5.74, 6) is 0.724. The van der Waals surface area contributed by atoms with Crippen molar-refractivity contribution in [3.8, 4) is 0 Å². The molecule has 0 saturated carbocycles. The standard InChI is InChI=1S/C19H27N3O3/c1-19(2,3)17-11-16(21(4)20-17)18(23)22(12-14-7-5-9-24-14)13-15-8-6-10-25-15/h5,7,9,11,15H,6,8,10,12-13H2,1-4H3/t15-/m0/s1. The van der Waals surface area contributed by atoms with E-state index in [1.165, 1.54) is 0 Å². The Balaban J connectivity index is 1.83. The lowest BCUT2D eigenvalue weighted by molar-refractivity contribution is 0.0483. The van der Waals surface area contributed by atoms with E-state index in [2.05, 4.69) is 25.9 Å². The molecule has 2 aromatic rings. The average molecular weight is 345 g/mol. The quantitative estimate of drug-likeness (QED) is 0.835. The van der Waals surface area contributed by atoms with Crippen LogP contribution < -0.4 is 0 Å². The molecule has 6 heteroatoms. The van der Waals surface area contributed by atoms with Crippen LogP contribution in [-0.4, -0.2) is 39.8 Å². The van der Waals surface area contributed by atoms with Crippen molar-refractivity contribution in [2.75, 3.05) is 13.2 Å². The van der Waals surface area contributed by atoms with Crippen LogP contribution in [0.2, 0.25) is 0 Å². The lowest BCUT2D eigenvalue weighted by atomic mass is 9.92. The summed E-state index contributed by atoms with van der Waals surface area (Å²) in [6.45, 7) is 8.05. The van der Waals surface area contributed by atoms with Crippen LogP contribution in [0, 0.1) is 0 Å². The van der Waals surface area contributed by atoms with E-state index >= 15 is 0 Å². The van der Waals surface area contributed by atoms with E-state index < -0.39 is 0 Å². The molecule has 1 aliphatic rings. The van der Waals surface area contributed by atoms with Gasteiger partial charge in [0.15, 0.2) is 0 Å². The molecular weight excluding hydrogens is 318 g/mol. The summed E-state index contributed by atoms with van der Waals surface area (Å²) in [5, 5.41) is 4.53. The Labute approximate surface area is 148 Å². The van der Waals surface area contributed by atoms with Crippen LogP contribution in [0.4, 0.5) is 0 Å². The molecule has 1 aliphatic heterocycles. The third-order valence-electron chi connectivity index (χ3n) is 4.53. The lowest BCUT2D eigenvalue weighted by Crippen LogP contribution is -2.37. The van der Waals surface area contributed by atoms with Crippen LogP contribution in [0.3, 0.4) is 0 Å². The van der Waals surface area contributed by atoms with Gasteiger partial charge in [-0.1, -0.05) is 20.8 Å². The maximum absolute atomic E-state index is 13.2. The maximum atomic E-state index is 13.2. The zero-order valence-electron chi connectivity index (χ0n) is 15.5. The smallest absolute Gasteiger partial charge is 0.272 e. The van der Waals surface area contributed by atoms with Crippen molar-refractivity contribution in [3.63, 3.8) is 0 Å². The van der Waals surface area contributed by atoms with E-state index in [0.29, 0.717) is 18.8 Å². The summed E-state index contributed by atoms with van der Waals surface area (Å²) < 4.78 is 12.9. The number of furan rings is 1. The number of nitrogens with zero attached hydrogens (tertiary/aromatic N) is 3. The van der Waals surface area contributed by atoms with Gasteiger partial charge in [0.1, 0.15) is 11.5 Å². The molecule has 3 rings (SSSR count). The summed E-state index contributed by atoms with van der Waals surface area (Å²) in [5.41, 5.74) is 1.40. The van der Waals surface area contributed by atoms with Crippen molar-refractivity contribution in [3.05, 3.63) is 41.6 Å². The normalized spacial score (nSPS) is 17.8. The van der Waals surface area contributed by atoms with Crippen molar-refractivity contribution in [2.24, 2.45) is 7.05 Å². The van der Waals surface area contributed by atoms with Crippen molar-refractivity contribution in [1.82, 2.24) is 14.7 Å². The van der Waals surface area contributed by atoms with Gasteiger partial charge < -0.3 is 14.1 Å². The highest BCUT2D eigenvalue weighted by molar-refractivity contribution is 5.92. The SMILES string of the molecule is Cn1nc(C(C)(C)C)cc1C(=O)N(Cc1ccco1)C[C@@H]1CCCO1. The molecule has 1 fully saturated rings. The first-order valence-corrected chi connectivity index (χ1v) is 8.82. The number of aromatic nitrogens is 2. The summed E-state index contributed by atoms with van der Waals surface area (Å²) in [7, 11) is 1.82. The number of hydrogen-bond donors (Lipinski definition) is 0. The van der Waals surface area contributed by atoms with Crippen molar-refractivity contribution >= 4 is 5.91 Å². The number of hydrogen-bond acceptors (Lipinski definition) is 4. The van der Waals surface area contributed by atoms with Crippen molar-refractivity contribution < 1.29 is 13.9 Å². The van der Waals surface area contributed by atoms with Gasteiger partial charge in [0.05, 0.1) is 24.6 Å². The minimum atomic E-state index is -0.101. The fourth-order valence-corrected chi connectivity index (χ4v) is 3.04. The third kappa shape index (κ3) is 4.12. The molecule has 0 unspecified atom stereocenters. The first-order valence-electron chi connectivity index (χ1n) is 8.82. The number of ether oxygens (including phenoxy) is 1. The minimum absolute atomic E-state index is 0.0441. The highest BCUT2D eigenvalue weighted by atomic mass is 16.5. The summed E-state index contributed by atoms with van der Waals surface area (Å²) in [4.78, 5) is 15.0. The van der Waals surface area contributed by atoms with Crippen LogP contribution in [-0.2, 0) is 23.7 Å². The van der Waals surface area contributed by atoms with Gasteiger partial charge in [-0.25, -0.2) is 0 Å². The van der Waals surface area contributed by atoms with Gasteiger partial charge in [-0.3, -0.25) is 9.48 Å². The molecule has 0 spiro atoms. The molecule has 25 heavy (non-hydrogen) atoms. The Morgan fingerprint density at radius 3 is 2.80 bits per heavy atom. The van der Waals surface area contributed by atoms with Gasteiger partial charge in [0.25, 0.3) is 5.91 Å². The van der Waals surface area contributed by atoms with E-state index in [1.54, 1.807) is 15.8 Å². The fourth-order valence-electron chi connectivity index (χ4n) is 3.04. The Morgan fingerprint density at radius 2 is 2.24 bits per heavy atom. The monoisotopic (exact) mass is 345 g/mol. The van der Waals surface area contributed by atoms with Crippen LogP contribution >= 0.6 is 0 Å². The van der Waals surface area contributed by atoms with E-state index in [1.807, 2.05) is 25.2 Å². The largest absolute Gasteiger partial charge is 0.467 e. The minimum Gasteiger partial charge on any atom is -0.467 e. The summed E-state index contributed by atoms with van der Waals surface area (Å²) in [6, 6.07) is 5.62. The van der Waals surface area contributed by atoms with Gasteiger partial charge in [-0.05, 0) is 31.0 Å². The number of amides is 1. The fraction of sp³-hybridized carbons (Fsp3) is 0.579. The molecule has 0 aromatic carbocycles. The molecule has 1 saturated heterocycles. The molecule has 6 nitrogen and oxygen atoms in total. The molecular formula is C19H27N3O3. The molecule has 0 aliphatic carbocycles. The summed E-state index contributed by atoms with van der Waals surface area (Å²) in [6.07, 6.45) is 3.76. The Morgan fingerprint density at radius 1 is 1.44 bits per heavy atom. The predicted octanol–water partition coefficient (Wildman–Crippen LogP) is 3.13. The van der Waals surface area contributed by atoms with Gasteiger partial charge in [-0.2, -0.15) is 5.10 Å². The number of rotatable bonds is 5. The van der Waals surface area contributed by atoms with Gasteiger partial charge >= 0.3 is 0 Å².